The lowest BCUT2D eigenvalue weighted by molar-refractivity contribution is -0.137. The van der Waals surface area contributed by atoms with E-state index >= 15 is 0 Å². The smallest absolute Gasteiger partial charge is 0.303 e. The molecule has 0 unspecified atom stereocenters. The standard InChI is InChI=1S/C26H38O3/c1-17(4-3-5-25(28)29)23-12-13-24-22-11-9-20-16-21(27)10-8-18(20)6-7-19(22)14-15-26(23,24)2/h6,9,11,17,19,21,23-24,27H,3-5,7-8,10,12-16H2,1-2H3,(H,28,29)/b18-6-,20-9-,22-11+/t17-,19-,21+,23-,24+,26-/m1/s1. The number of aliphatic hydroxyl groups excluding tert-OH is 1. The Kier molecular flexibility index (Phi) is 6.06. The molecule has 0 spiro atoms. The van der Waals surface area contributed by atoms with Gasteiger partial charge in [-0.2, -0.15) is 0 Å². The molecule has 29 heavy (non-hydrogen) atoms. The maximum absolute atomic E-state index is 10.9. The number of aliphatic hydroxyl groups is 1. The number of rotatable bonds is 5. The number of hydrogen-bond acceptors (Lipinski definition) is 2. The fourth-order valence-corrected chi connectivity index (χ4v) is 7.18. The van der Waals surface area contributed by atoms with Crippen molar-refractivity contribution in [1.82, 2.24) is 0 Å². The van der Waals surface area contributed by atoms with Crippen molar-refractivity contribution in [2.75, 3.05) is 0 Å². The molecule has 0 radical (unpaired) electrons. The third kappa shape index (κ3) is 4.13. The third-order valence-corrected chi connectivity index (χ3v) is 8.79. The average Bonchev–Trinajstić information content (AvgIpc) is 3.01. The fraction of sp³-hybridized carbons (Fsp3) is 0.731. The van der Waals surface area contributed by atoms with Crippen molar-refractivity contribution >= 4 is 5.97 Å². The summed E-state index contributed by atoms with van der Waals surface area (Å²) in [5, 5.41) is 19.1. The molecule has 2 N–H and O–H groups in total. The van der Waals surface area contributed by atoms with Crippen molar-refractivity contribution in [3.8, 4) is 0 Å². The molecular formula is C26H38O3. The molecule has 3 fully saturated rings. The van der Waals surface area contributed by atoms with Crippen LogP contribution in [0.4, 0.5) is 0 Å². The van der Waals surface area contributed by atoms with Gasteiger partial charge in [0.25, 0.3) is 0 Å². The summed E-state index contributed by atoms with van der Waals surface area (Å²) in [5.74, 6) is 2.01. The van der Waals surface area contributed by atoms with Gasteiger partial charge in [0.2, 0.25) is 0 Å². The predicted octanol–water partition coefficient (Wildman–Crippen LogP) is 6.05. The normalized spacial score (nSPS) is 43.1. The Morgan fingerprint density at radius 1 is 1.21 bits per heavy atom. The Balaban J connectivity index is 1.53. The van der Waals surface area contributed by atoms with Gasteiger partial charge in [0.15, 0.2) is 0 Å². The van der Waals surface area contributed by atoms with Crippen molar-refractivity contribution in [3.05, 3.63) is 34.9 Å². The zero-order valence-corrected chi connectivity index (χ0v) is 18.2. The number of allylic oxidation sites excluding steroid dienone is 5. The van der Waals surface area contributed by atoms with Crippen LogP contribution in [0.3, 0.4) is 0 Å². The van der Waals surface area contributed by atoms with Crippen LogP contribution in [0.1, 0.15) is 84.5 Å². The summed E-state index contributed by atoms with van der Waals surface area (Å²) < 4.78 is 0. The Hall–Kier alpha value is -1.35. The van der Waals surface area contributed by atoms with Gasteiger partial charge >= 0.3 is 5.97 Å². The minimum absolute atomic E-state index is 0.175. The summed E-state index contributed by atoms with van der Waals surface area (Å²) >= 11 is 0. The average molecular weight is 399 g/mol. The molecule has 4 rings (SSSR count). The first-order chi connectivity index (χ1) is 13.9. The molecule has 3 saturated carbocycles. The molecule has 0 aromatic heterocycles. The molecule has 3 nitrogen and oxygen atoms in total. The van der Waals surface area contributed by atoms with E-state index in [-0.39, 0.29) is 6.10 Å². The number of aliphatic carboxylic acids is 1. The predicted molar refractivity (Wildman–Crippen MR) is 116 cm³/mol. The first-order valence-corrected chi connectivity index (χ1v) is 11.9. The minimum atomic E-state index is -0.666. The van der Waals surface area contributed by atoms with Crippen LogP contribution in [-0.4, -0.2) is 22.3 Å². The molecule has 4 aliphatic rings. The Morgan fingerprint density at radius 3 is 2.83 bits per heavy atom. The largest absolute Gasteiger partial charge is 0.481 e. The van der Waals surface area contributed by atoms with Crippen LogP contribution in [0.5, 0.6) is 0 Å². The van der Waals surface area contributed by atoms with Crippen molar-refractivity contribution in [2.45, 2.75) is 90.6 Å². The van der Waals surface area contributed by atoms with Crippen LogP contribution in [0.25, 0.3) is 0 Å². The van der Waals surface area contributed by atoms with Crippen LogP contribution in [0.2, 0.25) is 0 Å². The van der Waals surface area contributed by atoms with Gasteiger partial charge in [-0.05, 0) is 104 Å². The maximum atomic E-state index is 10.9. The molecule has 0 aromatic rings. The highest BCUT2D eigenvalue weighted by molar-refractivity contribution is 5.66. The molecule has 0 heterocycles. The Morgan fingerprint density at radius 2 is 2.03 bits per heavy atom. The van der Waals surface area contributed by atoms with Crippen LogP contribution < -0.4 is 0 Å². The lowest BCUT2D eigenvalue weighted by Gasteiger charge is -2.47. The van der Waals surface area contributed by atoms with Gasteiger partial charge in [-0.1, -0.05) is 37.6 Å². The first kappa shape index (κ1) is 20.9. The van der Waals surface area contributed by atoms with Crippen molar-refractivity contribution in [2.24, 2.45) is 29.1 Å². The molecule has 0 amide bonds. The molecule has 4 aliphatic carbocycles. The minimum Gasteiger partial charge on any atom is -0.481 e. The van der Waals surface area contributed by atoms with Crippen LogP contribution in [0, 0.1) is 29.1 Å². The van der Waals surface area contributed by atoms with Gasteiger partial charge in [-0.3, -0.25) is 4.79 Å². The van der Waals surface area contributed by atoms with E-state index < -0.39 is 5.97 Å². The van der Waals surface area contributed by atoms with Crippen molar-refractivity contribution < 1.29 is 15.0 Å². The second-order valence-corrected chi connectivity index (χ2v) is 10.5. The highest BCUT2D eigenvalue weighted by atomic mass is 16.4. The second kappa shape index (κ2) is 8.41. The summed E-state index contributed by atoms with van der Waals surface area (Å²) in [7, 11) is 0. The van der Waals surface area contributed by atoms with E-state index in [1.807, 2.05) is 0 Å². The van der Waals surface area contributed by atoms with Crippen LogP contribution >= 0.6 is 0 Å². The summed E-state index contributed by atoms with van der Waals surface area (Å²) in [6.07, 6.45) is 18.3. The summed E-state index contributed by atoms with van der Waals surface area (Å²) in [4.78, 5) is 10.9. The van der Waals surface area contributed by atoms with Crippen molar-refractivity contribution in [3.63, 3.8) is 0 Å². The van der Waals surface area contributed by atoms with E-state index in [9.17, 15) is 9.90 Å². The molecule has 0 saturated heterocycles. The fourth-order valence-electron chi connectivity index (χ4n) is 7.18. The van der Waals surface area contributed by atoms with E-state index in [1.165, 1.54) is 43.3 Å². The SMILES string of the molecule is C[C@H](CCCC(=O)O)[C@H]1CC[C@H]2/C3=C/C=C4/C[C@@H](O)CC/C4=C/C[C@@H]3CC[C@]12C. The zero-order chi connectivity index (χ0) is 20.6. The molecule has 0 bridgehead atoms. The number of hydrogen-bond donors (Lipinski definition) is 2. The number of carbonyl (C=O) groups is 1. The summed E-state index contributed by atoms with van der Waals surface area (Å²) in [6, 6.07) is 0. The Labute approximate surface area is 176 Å². The van der Waals surface area contributed by atoms with E-state index in [4.69, 9.17) is 5.11 Å². The van der Waals surface area contributed by atoms with E-state index in [0.29, 0.717) is 35.5 Å². The zero-order valence-electron chi connectivity index (χ0n) is 18.2. The van der Waals surface area contributed by atoms with Crippen LogP contribution in [0.15, 0.2) is 34.9 Å². The molecule has 3 heteroatoms. The lowest BCUT2D eigenvalue weighted by atomic mass is 9.57. The van der Waals surface area contributed by atoms with Gasteiger partial charge < -0.3 is 10.2 Å². The van der Waals surface area contributed by atoms with Gasteiger partial charge in [-0.15, -0.1) is 0 Å². The van der Waals surface area contributed by atoms with Gasteiger partial charge in [0.05, 0.1) is 6.10 Å². The third-order valence-electron chi connectivity index (χ3n) is 8.79. The quantitative estimate of drug-likeness (QED) is 0.593. The number of carboxylic acid groups (broad SMARTS) is 1. The lowest BCUT2D eigenvalue weighted by Crippen LogP contribution is -2.39. The Bertz CT molecular complexity index is 730. The monoisotopic (exact) mass is 398 g/mol. The molecular weight excluding hydrogens is 360 g/mol. The second-order valence-electron chi connectivity index (χ2n) is 10.5. The topological polar surface area (TPSA) is 57.5 Å². The maximum Gasteiger partial charge on any atom is 0.303 e. The van der Waals surface area contributed by atoms with Crippen LogP contribution in [-0.2, 0) is 4.79 Å². The first-order valence-electron chi connectivity index (χ1n) is 11.9. The van der Waals surface area contributed by atoms with Gasteiger partial charge in [0.1, 0.15) is 0 Å². The van der Waals surface area contributed by atoms with Crippen molar-refractivity contribution in [1.29, 1.82) is 0 Å². The summed E-state index contributed by atoms with van der Waals surface area (Å²) in [6.45, 7) is 4.89. The number of fused-ring (bicyclic) bond motifs is 4. The van der Waals surface area contributed by atoms with E-state index in [2.05, 4.69) is 32.1 Å². The van der Waals surface area contributed by atoms with Gasteiger partial charge in [0, 0.05) is 6.42 Å². The highest BCUT2D eigenvalue weighted by Crippen LogP contribution is 2.61. The van der Waals surface area contributed by atoms with E-state index in [1.54, 1.807) is 5.57 Å². The van der Waals surface area contributed by atoms with E-state index in [0.717, 1.165) is 32.1 Å². The molecule has 160 valence electrons. The molecule has 6 atom stereocenters. The summed E-state index contributed by atoms with van der Waals surface area (Å²) in [5.41, 5.74) is 4.87. The van der Waals surface area contributed by atoms with Gasteiger partial charge in [-0.25, -0.2) is 0 Å². The highest BCUT2D eigenvalue weighted by Gasteiger charge is 2.52. The molecule has 0 aromatic carbocycles. The molecule has 0 aliphatic heterocycles. The number of carboxylic acids is 1.